The van der Waals surface area contributed by atoms with Gasteiger partial charge < -0.3 is 9.64 Å². The Balaban J connectivity index is 2.50. The van der Waals surface area contributed by atoms with Gasteiger partial charge in [-0.1, -0.05) is 115 Å². The van der Waals surface area contributed by atoms with E-state index in [1.165, 1.54) is 88.8 Å². The lowest BCUT2D eigenvalue weighted by molar-refractivity contribution is -0.138. The summed E-state index contributed by atoms with van der Waals surface area (Å²) in [7, 11) is -4.06. The van der Waals surface area contributed by atoms with Gasteiger partial charge in [0.05, 0.1) is 17.2 Å². The summed E-state index contributed by atoms with van der Waals surface area (Å²) in [5, 5.41) is 0. The first-order chi connectivity index (χ1) is 17.9. The third-order valence-electron chi connectivity index (χ3n) is 6.77. The summed E-state index contributed by atoms with van der Waals surface area (Å²) in [5.41, 5.74) is 0.291. The lowest BCUT2D eigenvalue weighted by Crippen LogP contribution is -2.28. The summed E-state index contributed by atoms with van der Waals surface area (Å²) in [6.45, 7) is 11.2. The molecule has 1 aromatic rings. The number of carbonyl (C=O) groups is 1. The number of ether oxygens (including phenoxy) is 1. The van der Waals surface area contributed by atoms with Gasteiger partial charge in [-0.3, -0.25) is 0 Å². The van der Waals surface area contributed by atoms with Crippen molar-refractivity contribution in [3.63, 3.8) is 0 Å². The highest BCUT2D eigenvalue weighted by molar-refractivity contribution is 7.96. The fourth-order valence-corrected chi connectivity index (χ4v) is 6.04. The number of hydrogen-bond acceptors (Lipinski definition) is 5. The molecule has 0 saturated carbocycles. The Labute approximate surface area is 227 Å². The van der Waals surface area contributed by atoms with Crippen molar-refractivity contribution < 1.29 is 17.9 Å². The average molecular weight is 534 g/mol. The molecule has 0 N–H and O–H groups in total. The molecule has 0 bridgehead atoms. The third-order valence-corrected chi connectivity index (χ3v) is 8.57. The lowest BCUT2D eigenvalue weighted by Gasteiger charge is -2.24. The maximum atomic E-state index is 13.4. The molecular weight excluding hydrogens is 482 g/mol. The van der Waals surface area contributed by atoms with E-state index in [2.05, 4.69) is 13.5 Å². The van der Waals surface area contributed by atoms with E-state index in [9.17, 15) is 13.2 Å². The molecule has 0 radical (unpaired) electrons. The molecule has 0 fully saturated rings. The van der Waals surface area contributed by atoms with Crippen molar-refractivity contribution >= 4 is 15.8 Å². The predicted molar refractivity (Wildman–Crippen MR) is 155 cm³/mol. The second kappa shape index (κ2) is 20.0. The van der Waals surface area contributed by atoms with Crippen LogP contribution in [0.2, 0.25) is 0 Å². The van der Waals surface area contributed by atoms with E-state index in [-0.39, 0.29) is 16.4 Å². The molecule has 0 unspecified atom stereocenters. The van der Waals surface area contributed by atoms with Gasteiger partial charge in [-0.2, -0.15) is 0 Å². The van der Waals surface area contributed by atoms with Gasteiger partial charge in [-0.05, 0) is 38.5 Å². The zero-order valence-corrected chi connectivity index (χ0v) is 24.5. The zero-order chi connectivity index (χ0) is 27.4. The molecule has 5 nitrogen and oxygen atoms in total. The SMILES string of the molecule is C=CC(=C(C(=O)OCCCCCCCCCCCCCCCC)S(=O)(=O)c1ccccc1)N(CC)CC. The maximum Gasteiger partial charge on any atom is 0.352 e. The van der Waals surface area contributed by atoms with Gasteiger partial charge in [0.2, 0.25) is 9.84 Å². The third kappa shape index (κ3) is 12.3. The zero-order valence-electron chi connectivity index (χ0n) is 23.7. The molecule has 37 heavy (non-hydrogen) atoms. The van der Waals surface area contributed by atoms with Crippen LogP contribution in [0.15, 0.2) is 58.5 Å². The van der Waals surface area contributed by atoms with Crippen LogP contribution in [0.1, 0.15) is 111 Å². The number of likely N-dealkylation sites (N-methyl/N-ethyl adjacent to an activating group) is 1. The quantitative estimate of drug-likeness (QED) is 0.0650. The number of hydrogen-bond donors (Lipinski definition) is 0. The Morgan fingerprint density at radius 2 is 1.24 bits per heavy atom. The van der Waals surface area contributed by atoms with Crippen LogP contribution in [0.25, 0.3) is 0 Å². The van der Waals surface area contributed by atoms with Crippen LogP contribution in [0.3, 0.4) is 0 Å². The molecule has 0 aliphatic heterocycles. The molecule has 1 aromatic carbocycles. The van der Waals surface area contributed by atoms with Crippen molar-refractivity contribution in [3.8, 4) is 0 Å². The van der Waals surface area contributed by atoms with Crippen LogP contribution in [0.5, 0.6) is 0 Å². The van der Waals surface area contributed by atoms with Crippen molar-refractivity contribution in [2.75, 3.05) is 19.7 Å². The number of sulfone groups is 1. The molecule has 6 heteroatoms. The molecule has 0 atom stereocenters. The maximum absolute atomic E-state index is 13.4. The van der Waals surface area contributed by atoms with E-state index in [1.54, 1.807) is 18.2 Å². The Bertz CT molecular complexity index is 889. The fourth-order valence-electron chi connectivity index (χ4n) is 4.53. The van der Waals surface area contributed by atoms with Crippen molar-refractivity contribution in [1.82, 2.24) is 4.90 Å². The highest BCUT2D eigenvalue weighted by Gasteiger charge is 2.32. The first-order valence-electron chi connectivity index (χ1n) is 14.5. The van der Waals surface area contributed by atoms with Gasteiger partial charge in [-0.15, -0.1) is 0 Å². The molecule has 0 saturated heterocycles. The van der Waals surface area contributed by atoms with Crippen molar-refractivity contribution in [3.05, 3.63) is 53.6 Å². The van der Waals surface area contributed by atoms with Crippen molar-refractivity contribution in [2.45, 2.75) is 116 Å². The van der Waals surface area contributed by atoms with E-state index < -0.39 is 15.8 Å². The summed E-state index contributed by atoms with van der Waals surface area (Å²) in [6.07, 6.45) is 18.9. The minimum absolute atomic E-state index is 0.0740. The van der Waals surface area contributed by atoms with Gasteiger partial charge in [0, 0.05) is 13.1 Å². The molecule has 0 aliphatic rings. The van der Waals surface area contributed by atoms with Gasteiger partial charge in [0.25, 0.3) is 0 Å². The topological polar surface area (TPSA) is 63.7 Å². The number of allylic oxidation sites excluding steroid dienone is 1. The smallest absolute Gasteiger partial charge is 0.352 e. The molecule has 0 heterocycles. The van der Waals surface area contributed by atoms with E-state index >= 15 is 0 Å². The average Bonchev–Trinajstić information content (AvgIpc) is 2.91. The molecule has 1 rings (SSSR count). The summed E-state index contributed by atoms with van der Waals surface area (Å²) in [5.74, 6) is -0.805. The second-order valence-corrected chi connectivity index (χ2v) is 11.5. The van der Waals surface area contributed by atoms with E-state index in [1.807, 2.05) is 18.7 Å². The number of unbranched alkanes of at least 4 members (excludes halogenated alkanes) is 13. The number of esters is 1. The Kier molecular flexibility index (Phi) is 17.8. The predicted octanol–water partition coefficient (Wildman–Crippen LogP) is 8.22. The van der Waals surface area contributed by atoms with Crippen LogP contribution in [-0.4, -0.2) is 39.0 Å². The largest absolute Gasteiger partial charge is 0.462 e. The van der Waals surface area contributed by atoms with Crippen LogP contribution in [-0.2, 0) is 19.4 Å². The number of benzene rings is 1. The minimum atomic E-state index is -4.06. The molecule has 210 valence electrons. The fraction of sp³-hybridized carbons (Fsp3) is 0.645. The van der Waals surface area contributed by atoms with Gasteiger partial charge in [-0.25, -0.2) is 13.2 Å². The highest BCUT2D eigenvalue weighted by Crippen LogP contribution is 2.26. The molecule has 0 aromatic heterocycles. The van der Waals surface area contributed by atoms with Crippen LogP contribution >= 0.6 is 0 Å². The Morgan fingerprint density at radius 1 is 0.784 bits per heavy atom. The first kappa shape index (κ1) is 32.9. The number of carbonyl (C=O) groups excluding carboxylic acids is 1. The normalized spacial score (nSPS) is 12.2. The first-order valence-corrected chi connectivity index (χ1v) is 16.0. The number of rotatable bonds is 22. The van der Waals surface area contributed by atoms with Gasteiger partial charge in [0.1, 0.15) is 0 Å². The minimum Gasteiger partial charge on any atom is -0.462 e. The summed E-state index contributed by atoms with van der Waals surface area (Å²) in [4.78, 5) is 14.7. The molecule has 0 aliphatic carbocycles. The molecular formula is C31H51NO4S. The second-order valence-electron chi connectivity index (χ2n) is 9.64. The van der Waals surface area contributed by atoms with Crippen molar-refractivity contribution in [2.24, 2.45) is 0 Å². The summed E-state index contributed by atoms with van der Waals surface area (Å²) >= 11 is 0. The molecule has 0 amide bonds. The van der Waals surface area contributed by atoms with Crippen LogP contribution < -0.4 is 0 Å². The van der Waals surface area contributed by atoms with E-state index in [0.29, 0.717) is 18.8 Å². The summed E-state index contributed by atoms with van der Waals surface area (Å²) < 4.78 is 32.4. The van der Waals surface area contributed by atoms with Gasteiger partial charge >= 0.3 is 5.97 Å². The molecule has 0 spiro atoms. The highest BCUT2D eigenvalue weighted by atomic mass is 32.2. The Morgan fingerprint density at radius 3 is 1.68 bits per heavy atom. The summed E-state index contributed by atoms with van der Waals surface area (Å²) in [6, 6.07) is 8.04. The lowest BCUT2D eigenvalue weighted by atomic mass is 10.0. The standard InChI is InChI=1S/C31H51NO4S/c1-5-9-10-11-12-13-14-15-16-17-18-19-20-24-27-36-31(33)30(29(6-2)32(7-3)8-4)37(34,35)28-25-22-21-23-26-28/h6,21-23,25-26H,2,5,7-20,24,27H2,1,3-4H3. The van der Waals surface area contributed by atoms with Gasteiger partial charge in [0.15, 0.2) is 4.91 Å². The number of nitrogens with zero attached hydrogens (tertiary/aromatic N) is 1. The van der Waals surface area contributed by atoms with E-state index in [0.717, 1.165) is 19.3 Å². The Hall–Kier alpha value is -2.08. The van der Waals surface area contributed by atoms with Crippen molar-refractivity contribution in [1.29, 1.82) is 0 Å². The van der Waals surface area contributed by atoms with E-state index in [4.69, 9.17) is 4.74 Å². The van der Waals surface area contributed by atoms with Crippen LogP contribution in [0.4, 0.5) is 0 Å². The monoisotopic (exact) mass is 533 g/mol. The van der Waals surface area contributed by atoms with Crippen LogP contribution in [0, 0.1) is 0 Å².